The summed E-state index contributed by atoms with van der Waals surface area (Å²) in [5.74, 6) is -2.72. The Morgan fingerprint density at radius 1 is 0.980 bits per heavy atom. The van der Waals surface area contributed by atoms with Crippen LogP contribution in [-0.4, -0.2) is 70.2 Å². The van der Waals surface area contributed by atoms with Gasteiger partial charge in [0.05, 0.1) is 24.7 Å². The number of allylic oxidation sites excluding steroid dienone is 1. The SMILES string of the molecule is CCCCCCCCCCCC(=O)O[C@@]12C[C@@H](C)[C@]34C=C(C)[C@H](OC(=O)c5ccc(OC)cc5)[C@@]3(O)[C@H](O)C(CO)=C[C@H](C4=O)[C@@H]1C2(C)C. The number of ketones is 1. The van der Waals surface area contributed by atoms with Gasteiger partial charge < -0.3 is 29.5 Å². The predicted octanol–water partition coefficient (Wildman–Crippen LogP) is 6.28. The molecule has 9 nitrogen and oxygen atoms in total. The van der Waals surface area contributed by atoms with E-state index in [0.717, 1.165) is 19.3 Å². The summed E-state index contributed by atoms with van der Waals surface area (Å²) in [5.41, 5.74) is -4.85. The molecular formula is C40H56O9. The standard InChI is InChI=1S/C40H56O9/c1-7-8-9-10-11-12-13-14-15-16-31(42)49-39-23-26(3)38-22-25(2)35(48-36(45)27-17-19-29(47-6)20-18-27)40(38,46)33(43)28(24-41)21-30(34(38)44)32(39)37(39,4)5/h17-22,26,30,32-33,35,41,43,46H,7-16,23-24H2,1-6H3/t26-,30+,32-,33-,35+,38+,39+,40+/m1/s1. The van der Waals surface area contributed by atoms with E-state index in [1.165, 1.54) is 57.8 Å². The fourth-order valence-corrected chi connectivity index (χ4v) is 9.63. The van der Waals surface area contributed by atoms with Crippen LogP contribution in [0.2, 0.25) is 0 Å². The lowest BCUT2D eigenvalue weighted by atomic mass is 9.59. The van der Waals surface area contributed by atoms with Crippen LogP contribution in [0.5, 0.6) is 5.75 Å². The number of benzene rings is 1. The maximum atomic E-state index is 15.0. The largest absolute Gasteiger partial charge is 0.497 e. The highest BCUT2D eigenvalue weighted by Crippen LogP contribution is 2.75. The number of aliphatic hydroxyl groups is 3. The summed E-state index contributed by atoms with van der Waals surface area (Å²) >= 11 is 0. The molecule has 0 amide bonds. The molecule has 0 radical (unpaired) electrons. The number of methoxy groups -OCH3 is 1. The molecule has 49 heavy (non-hydrogen) atoms. The average Bonchev–Trinajstić information content (AvgIpc) is 3.47. The molecule has 270 valence electrons. The quantitative estimate of drug-likeness (QED) is 0.111. The van der Waals surface area contributed by atoms with E-state index in [1.54, 1.807) is 31.2 Å². The van der Waals surface area contributed by atoms with Gasteiger partial charge >= 0.3 is 11.9 Å². The van der Waals surface area contributed by atoms with Crippen molar-refractivity contribution >= 4 is 17.7 Å². The molecule has 1 spiro atoms. The van der Waals surface area contributed by atoms with Gasteiger partial charge in [-0.15, -0.1) is 0 Å². The molecule has 4 aliphatic carbocycles. The number of rotatable bonds is 15. The summed E-state index contributed by atoms with van der Waals surface area (Å²) in [6, 6.07) is 6.30. The van der Waals surface area contributed by atoms with Crippen LogP contribution in [0.3, 0.4) is 0 Å². The van der Waals surface area contributed by atoms with E-state index >= 15 is 0 Å². The maximum absolute atomic E-state index is 15.0. The average molecular weight is 681 g/mol. The van der Waals surface area contributed by atoms with Crippen LogP contribution in [-0.2, 0) is 19.1 Å². The number of hydrogen-bond donors (Lipinski definition) is 3. The number of carbonyl (C=O) groups is 3. The third-order valence-electron chi connectivity index (χ3n) is 12.4. The first-order valence-electron chi connectivity index (χ1n) is 18.3. The highest BCUT2D eigenvalue weighted by atomic mass is 16.6. The Kier molecular flexibility index (Phi) is 10.9. The Labute approximate surface area is 291 Å². The minimum atomic E-state index is -2.32. The molecule has 3 N–H and O–H groups in total. The third kappa shape index (κ3) is 6.08. The lowest BCUT2D eigenvalue weighted by molar-refractivity contribution is -0.192. The molecule has 0 aliphatic heterocycles. The van der Waals surface area contributed by atoms with Crippen LogP contribution in [0.1, 0.15) is 116 Å². The molecule has 0 heterocycles. The number of Topliss-reactive ketones (excluding diaryl/α,β-unsaturated/α-hetero) is 1. The molecule has 8 atom stereocenters. The van der Waals surface area contributed by atoms with Crippen LogP contribution in [0.25, 0.3) is 0 Å². The second-order valence-corrected chi connectivity index (χ2v) is 15.5. The lowest BCUT2D eigenvalue weighted by Gasteiger charge is -2.49. The topological polar surface area (TPSA) is 140 Å². The van der Waals surface area contributed by atoms with Crippen molar-refractivity contribution in [2.45, 2.75) is 129 Å². The Bertz CT molecular complexity index is 1460. The van der Waals surface area contributed by atoms with Crippen LogP contribution >= 0.6 is 0 Å². The number of fused-ring (bicyclic) bond motifs is 3. The van der Waals surface area contributed by atoms with Crippen LogP contribution in [0, 0.1) is 28.6 Å². The number of hydrogen-bond acceptors (Lipinski definition) is 9. The van der Waals surface area contributed by atoms with E-state index in [9.17, 15) is 29.7 Å². The van der Waals surface area contributed by atoms with Gasteiger partial charge in [-0.05, 0) is 61.1 Å². The van der Waals surface area contributed by atoms with Gasteiger partial charge in [-0.2, -0.15) is 0 Å². The summed E-state index contributed by atoms with van der Waals surface area (Å²) in [6.45, 7) is 9.10. The molecule has 0 aromatic heterocycles. The van der Waals surface area contributed by atoms with E-state index in [2.05, 4.69) is 6.92 Å². The Balaban J connectivity index is 1.40. The summed E-state index contributed by atoms with van der Waals surface area (Å²) in [7, 11) is 1.51. The minimum Gasteiger partial charge on any atom is -0.497 e. The first-order valence-corrected chi connectivity index (χ1v) is 18.3. The van der Waals surface area contributed by atoms with Crippen LogP contribution in [0.4, 0.5) is 0 Å². The normalized spacial score (nSPS) is 34.1. The minimum absolute atomic E-state index is 0.0723. The lowest BCUT2D eigenvalue weighted by Crippen LogP contribution is -2.66. The van der Waals surface area contributed by atoms with Gasteiger partial charge in [-0.3, -0.25) is 9.59 Å². The van der Waals surface area contributed by atoms with Crippen molar-refractivity contribution in [3.05, 3.63) is 53.1 Å². The molecule has 9 heteroatoms. The van der Waals surface area contributed by atoms with E-state index in [0.29, 0.717) is 17.7 Å². The molecule has 1 aromatic rings. The first-order chi connectivity index (χ1) is 23.3. The van der Waals surface area contributed by atoms with Gasteiger partial charge in [0.15, 0.2) is 17.5 Å². The smallest absolute Gasteiger partial charge is 0.338 e. The molecule has 2 saturated carbocycles. The highest BCUT2D eigenvalue weighted by Gasteiger charge is 2.83. The second-order valence-electron chi connectivity index (χ2n) is 15.5. The number of carbonyl (C=O) groups excluding carboxylic acids is 3. The van der Waals surface area contributed by atoms with Gasteiger partial charge in [-0.1, -0.05) is 91.2 Å². The Morgan fingerprint density at radius 3 is 2.18 bits per heavy atom. The van der Waals surface area contributed by atoms with Gasteiger partial charge in [0.25, 0.3) is 0 Å². The van der Waals surface area contributed by atoms with Gasteiger partial charge in [0.1, 0.15) is 17.5 Å². The molecule has 5 rings (SSSR count). The van der Waals surface area contributed by atoms with Gasteiger partial charge in [0.2, 0.25) is 0 Å². The van der Waals surface area contributed by atoms with Crippen molar-refractivity contribution in [2.24, 2.45) is 28.6 Å². The van der Waals surface area contributed by atoms with Crippen LogP contribution < -0.4 is 4.74 Å². The summed E-state index contributed by atoms with van der Waals surface area (Å²) in [6.07, 6.45) is 10.9. The Hall–Kier alpha value is -3.01. The van der Waals surface area contributed by atoms with Crippen molar-refractivity contribution in [3.63, 3.8) is 0 Å². The van der Waals surface area contributed by atoms with E-state index < -0.39 is 64.6 Å². The highest BCUT2D eigenvalue weighted by molar-refractivity contribution is 5.96. The third-order valence-corrected chi connectivity index (χ3v) is 12.4. The van der Waals surface area contributed by atoms with Gasteiger partial charge in [-0.25, -0.2) is 4.79 Å². The number of ether oxygens (including phenoxy) is 3. The molecule has 2 fully saturated rings. The van der Waals surface area contributed by atoms with Crippen molar-refractivity contribution in [1.82, 2.24) is 0 Å². The number of aliphatic hydroxyl groups excluding tert-OH is 2. The second kappa shape index (κ2) is 14.3. The molecule has 0 unspecified atom stereocenters. The molecule has 4 aliphatic rings. The van der Waals surface area contributed by atoms with E-state index in [4.69, 9.17) is 14.2 Å². The fraction of sp³-hybridized carbons (Fsp3) is 0.675. The molecule has 2 bridgehead atoms. The van der Waals surface area contributed by atoms with Gasteiger partial charge in [0, 0.05) is 23.7 Å². The molecule has 1 aromatic carbocycles. The molecular weight excluding hydrogens is 624 g/mol. The first kappa shape index (κ1) is 37.3. The zero-order valence-electron chi connectivity index (χ0n) is 30.1. The zero-order valence-corrected chi connectivity index (χ0v) is 30.1. The fourth-order valence-electron chi connectivity index (χ4n) is 9.63. The number of unbranched alkanes of at least 4 members (excludes halogenated alkanes) is 8. The molecule has 0 saturated heterocycles. The van der Waals surface area contributed by atoms with Crippen molar-refractivity contribution in [1.29, 1.82) is 0 Å². The van der Waals surface area contributed by atoms with E-state index in [-0.39, 0.29) is 29.3 Å². The Morgan fingerprint density at radius 2 is 1.59 bits per heavy atom. The van der Waals surface area contributed by atoms with Crippen molar-refractivity contribution < 1.29 is 43.9 Å². The number of esters is 2. The summed E-state index contributed by atoms with van der Waals surface area (Å²) in [5, 5.41) is 35.2. The zero-order chi connectivity index (χ0) is 35.8. The maximum Gasteiger partial charge on any atom is 0.338 e. The van der Waals surface area contributed by atoms with Crippen molar-refractivity contribution in [2.75, 3.05) is 13.7 Å². The summed E-state index contributed by atoms with van der Waals surface area (Å²) in [4.78, 5) is 41.8. The van der Waals surface area contributed by atoms with Crippen LogP contribution in [0.15, 0.2) is 47.6 Å². The van der Waals surface area contributed by atoms with E-state index in [1.807, 2.05) is 20.8 Å². The predicted molar refractivity (Wildman–Crippen MR) is 185 cm³/mol. The monoisotopic (exact) mass is 680 g/mol. The summed E-state index contributed by atoms with van der Waals surface area (Å²) < 4.78 is 17.6. The van der Waals surface area contributed by atoms with Crippen molar-refractivity contribution in [3.8, 4) is 5.75 Å².